The van der Waals surface area contributed by atoms with Crippen LogP contribution in [0.1, 0.15) is 71.2 Å². The second kappa shape index (κ2) is 18.4. The molecule has 298 valence electrons. The fourth-order valence-electron chi connectivity index (χ4n) is 5.38. The molecular formula is C40H51N3O12. The van der Waals surface area contributed by atoms with E-state index in [2.05, 4.69) is 10.6 Å². The van der Waals surface area contributed by atoms with Crippen molar-refractivity contribution >= 4 is 30.0 Å². The highest BCUT2D eigenvalue weighted by atomic mass is 16.6. The Labute approximate surface area is 320 Å². The Kier molecular flexibility index (Phi) is 14.5. The Morgan fingerprint density at radius 3 is 1.98 bits per heavy atom. The highest BCUT2D eigenvalue weighted by Gasteiger charge is 2.34. The van der Waals surface area contributed by atoms with Crippen LogP contribution in [0.3, 0.4) is 0 Å². The summed E-state index contributed by atoms with van der Waals surface area (Å²) in [5.74, 6) is -3.01. The number of esters is 2. The van der Waals surface area contributed by atoms with Crippen molar-refractivity contribution in [2.24, 2.45) is 0 Å². The largest absolute Gasteiger partial charge is 0.507 e. The maximum absolute atomic E-state index is 14.0. The van der Waals surface area contributed by atoms with Crippen LogP contribution in [0, 0.1) is 0 Å². The molecule has 15 heteroatoms. The summed E-state index contributed by atoms with van der Waals surface area (Å²) in [4.78, 5) is 66.6. The summed E-state index contributed by atoms with van der Waals surface area (Å²) in [6.07, 6.45) is -1.92. The predicted molar refractivity (Wildman–Crippen MR) is 201 cm³/mol. The summed E-state index contributed by atoms with van der Waals surface area (Å²) in [5, 5.41) is 27.3. The van der Waals surface area contributed by atoms with Gasteiger partial charge in [0.05, 0.1) is 14.2 Å². The van der Waals surface area contributed by atoms with Gasteiger partial charge in [-0.15, -0.1) is 0 Å². The molecule has 0 radical (unpaired) electrons. The summed E-state index contributed by atoms with van der Waals surface area (Å²) >= 11 is 0. The van der Waals surface area contributed by atoms with E-state index in [0.29, 0.717) is 11.1 Å². The SMILES string of the molecule is COC(=O)[C@H](Cc1cc(O)c(OC)c(-c2cc([C@@H](C(=O)N[C@@H](C)C(=O)OC(C)(C)C)N(C)C(=O)OCc3ccccc3)ccc2O)c1)NC(=O)OC(C)(C)C. The molecule has 0 saturated carbocycles. The lowest BCUT2D eigenvalue weighted by Crippen LogP contribution is -2.48. The standard InChI is InChI=1S/C40H51N3O12/c1-23(35(47)54-39(2,3)4)41-34(46)32(43(8)38(50)53-22-24-14-12-11-13-15-24)26-16-17-30(44)27(21-26)28-18-25(20-31(45)33(28)51-9)19-29(36(48)52-10)42-37(49)55-40(5,6)7/h11-18,20-21,23,29,32,44-45H,19,22H2,1-10H3,(H,41,46)(H,42,49)/t23-,29-,32-/m0/s1. The second-order valence-corrected chi connectivity index (χ2v) is 14.7. The van der Waals surface area contributed by atoms with E-state index in [-0.39, 0.29) is 47.0 Å². The molecule has 3 aromatic rings. The summed E-state index contributed by atoms with van der Waals surface area (Å²) < 4.78 is 26.6. The average Bonchev–Trinajstić information content (AvgIpc) is 3.09. The van der Waals surface area contributed by atoms with Gasteiger partial charge in [-0.25, -0.2) is 19.2 Å². The van der Waals surface area contributed by atoms with Crippen molar-refractivity contribution in [3.8, 4) is 28.4 Å². The Hall–Kier alpha value is -5.99. The molecule has 55 heavy (non-hydrogen) atoms. The molecular weight excluding hydrogens is 714 g/mol. The van der Waals surface area contributed by atoms with Gasteiger partial charge in [0, 0.05) is 24.6 Å². The van der Waals surface area contributed by atoms with Crippen LogP contribution in [0.5, 0.6) is 17.2 Å². The third-order valence-electron chi connectivity index (χ3n) is 7.82. The lowest BCUT2D eigenvalue weighted by molar-refractivity contribution is -0.158. The molecule has 3 atom stereocenters. The minimum atomic E-state index is -1.42. The van der Waals surface area contributed by atoms with Gasteiger partial charge in [0.15, 0.2) is 11.5 Å². The number of carbonyl (C=O) groups is 5. The van der Waals surface area contributed by atoms with Crippen molar-refractivity contribution in [2.75, 3.05) is 21.3 Å². The molecule has 3 rings (SSSR count). The molecule has 0 heterocycles. The van der Waals surface area contributed by atoms with E-state index in [1.54, 1.807) is 65.8 Å². The van der Waals surface area contributed by atoms with E-state index < -0.39 is 59.4 Å². The lowest BCUT2D eigenvalue weighted by Gasteiger charge is -2.29. The minimum Gasteiger partial charge on any atom is -0.507 e. The van der Waals surface area contributed by atoms with Crippen molar-refractivity contribution < 1.29 is 57.9 Å². The number of phenols is 2. The fraction of sp³-hybridized carbons (Fsp3) is 0.425. The fourth-order valence-corrected chi connectivity index (χ4v) is 5.38. The Morgan fingerprint density at radius 2 is 1.40 bits per heavy atom. The molecule has 3 aromatic carbocycles. The zero-order valence-electron chi connectivity index (χ0n) is 32.8. The zero-order valence-corrected chi connectivity index (χ0v) is 32.8. The van der Waals surface area contributed by atoms with Gasteiger partial charge in [-0.3, -0.25) is 9.69 Å². The van der Waals surface area contributed by atoms with Crippen LogP contribution in [0.25, 0.3) is 11.1 Å². The number of nitrogens with zero attached hydrogens (tertiary/aromatic N) is 1. The number of ether oxygens (including phenoxy) is 5. The van der Waals surface area contributed by atoms with Gasteiger partial charge in [0.25, 0.3) is 0 Å². The quantitative estimate of drug-likeness (QED) is 0.125. The number of aromatic hydroxyl groups is 2. The van der Waals surface area contributed by atoms with Crippen LogP contribution in [-0.4, -0.2) is 89.7 Å². The summed E-state index contributed by atoms with van der Waals surface area (Å²) in [6.45, 7) is 11.4. The van der Waals surface area contributed by atoms with Crippen LogP contribution in [0.2, 0.25) is 0 Å². The van der Waals surface area contributed by atoms with Crippen molar-refractivity contribution in [1.29, 1.82) is 0 Å². The number of hydrogen-bond donors (Lipinski definition) is 4. The van der Waals surface area contributed by atoms with Gasteiger partial charge in [-0.05, 0) is 89.4 Å². The monoisotopic (exact) mass is 765 g/mol. The van der Waals surface area contributed by atoms with E-state index in [0.717, 1.165) is 12.0 Å². The van der Waals surface area contributed by atoms with Crippen molar-refractivity contribution in [1.82, 2.24) is 15.5 Å². The van der Waals surface area contributed by atoms with Gasteiger partial charge < -0.3 is 44.5 Å². The summed E-state index contributed by atoms with van der Waals surface area (Å²) in [6, 6.07) is 12.1. The number of amides is 3. The maximum atomic E-state index is 14.0. The summed E-state index contributed by atoms with van der Waals surface area (Å²) in [7, 11) is 3.80. The number of benzene rings is 3. The normalized spacial score (nSPS) is 13.0. The second-order valence-electron chi connectivity index (χ2n) is 14.7. The number of alkyl carbamates (subject to hydrolysis) is 1. The van der Waals surface area contributed by atoms with Crippen LogP contribution in [-0.2, 0) is 46.4 Å². The first-order valence-electron chi connectivity index (χ1n) is 17.4. The minimum absolute atomic E-state index is 0.0604. The highest BCUT2D eigenvalue weighted by molar-refractivity contribution is 5.91. The molecule has 3 amide bonds. The number of likely N-dealkylation sites (N-methyl/N-ethyl adjacent to an activating group) is 1. The van der Waals surface area contributed by atoms with Gasteiger partial charge in [-0.1, -0.05) is 36.4 Å². The Morgan fingerprint density at radius 1 is 0.764 bits per heavy atom. The predicted octanol–water partition coefficient (Wildman–Crippen LogP) is 5.54. The molecule has 0 aromatic heterocycles. The lowest BCUT2D eigenvalue weighted by atomic mass is 9.94. The first-order chi connectivity index (χ1) is 25.6. The molecule has 0 bridgehead atoms. The van der Waals surface area contributed by atoms with Crippen molar-refractivity contribution in [2.45, 2.75) is 90.8 Å². The van der Waals surface area contributed by atoms with Gasteiger partial charge >= 0.3 is 24.1 Å². The van der Waals surface area contributed by atoms with Gasteiger partial charge in [-0.2, -0.15) is 0 Å². The molecule has 4 N–H and O–H groups in total. The topological polar surface area (TPSA) is 199 Å². The molecule has 0 spiro atoms. The average molecular weight is 766 g/mol. The van der Waals surface area contributed by atoms with E-state index in [9.17, 15) is 34.2 Å². The molecule has 0 unspecified atom stereocenters. The van der Waals surface area contributed by atoms with E-state index in [1.807, 2.05) is 6.07 Å². The van der Waals surface area contributed by atoms with E-state index >= 15 is 0 Å². The zero-order chi connectivity index (χ0) is 41.2. The third kappa shape index (κ3) is 12.5. The molecule has 0 fully saturated rings. The molecule has 0 aliphatic rings. The smallest absolute Gasteiger partial charge is 0.410 e. The van der Waals surface area contributed by atoms with Gasteiger partial charge in [0.1, 0.15) is 41.7 Å². The third-order valence-corrected chi connectivity index (χ3v) is 7.82. The molecule has 0 aliphatic carbocycles. The van der Waals surface area contributed by atoms with Crippen LogP contribution in [0.15, 0.2) is 60.7 Å². The number of carbonyl (C=O) groups excluding carboxylic acids is 5. The number of nitrogens with one attached hydrogen (secondary N) is 2. The maximum Gasteiger partial charge on any atom is 0.410 e. The molecule has 0 saturated heterocycles. The van der Waals surface area contributed by atoms with E-state index in [4.69, 9.17) is 23.7 Å². The van der Waals surface area contributed by atoms with Crippen LogP contribution in [0.4, 0.5) is 9.59 Å². The number of rotatable bonds is 13. The highest BCUT2D eigenvalue weighted by Crippen LogP contribution is 2.43. The number of phenolic OH excluding ortho intramolecular Hbond substituents is 2. The first-order valence-corrected chi connectivity index (χ1v) is 17.4. The van der Waals surface area contributed by atoms with Crippen LogP contribution >= 0.6 is 0 Å². The first kappa shape index (κ1) is 43.4. The number of methoxy groups -OCH3 is 2. The van der Waals surface area contributed by atoms with Crippen LogP contribution < -0.4 is 15.4 Å². The van der Waals surface area contributed by atoms with E-state index in [1.165, 1.54) is 51.4 Å². The molecule has 0 aliphatic heterocycles. The Bertz CT molecular complexity index is 1850. The van der Waals surface area contributed by atoms with Gasteiger partial charge in [0.2, 0.25) is 5.91 Å². The van der Waals surface area contributed by atoms with Crippen molar-refractivity contribution in [3.05, 3.63) is 77.4 Å². The van der Waals surface area contributed by atoms with Crippen molar-refractivity contribution in [3.63, 3.8) is 0 Å². The molecule has 15 nitrogen and oxygen atoms in total. The number of hydrogen-bond acceptors (Lipinski definition) is 12. The summed E-state index contributed by atoms with van der Waals surface area (Å²) in [5.41, 5.74) is -0.301. The Balaban J connectivity index is 2.10.